The van der Waals surface area contributed by atoms with E-state index in [4.69, 9.17) is 0 Å². The first-order valence-electron chi connectivity index (χ1n) is 6.01. The van der Waals surface area contributed by atoms with Crippen LogP contribution >= 0.6 is 11.3 Å². The van der Waals surface area contributed by atoms with Crippen LogP contribution in [0.25, 0.3) is 0 Å². The number of hydrogen-bond donors (Lipinski definition) is 1. The molecule has 90 valence electrons. The molecule has 2 unspecified atom stereocenters. The minimum absolute atomic E-state index is 0.379. The van der Waals surface area contributed by atoms with E-state index in [-0.39, 0.29) is 0 Å². The van der Waals surface area contributed by atoms with E-state index in [2.05, 4.69) is 67.2 Å². The molecule has 0 saturated heterocycles. The van der Waals surface area contributed by atoms with Crippen molar-refractivity contribution in [1.29, 1.82) is 0 Å². The lowest BCUT2D eigenvalue weighted by Crippen LogP contribution is -2.22. The molecule has 0 amide bonds. The molecule has 1 aromatic heterocycles. The van der Waals surface area contributed by atoms with E-state index in [1.54, 1.807) is 11.3 Å². The van der Waals surface area contributed by atoms with Gasteiger partial charge in [-0.05, 0) is 48.7 Å². The fourth-order valence-corrected chi connectivity index (χ4v) is 2.78. The van der Waals surface area contributed by atoms with Crippen LogP contribution in [0.15, 0.2) is 41.1 Å². The average molecular weight is 245 g/mol. The van der Waals surface area contributed by atoms with Gasteiger partial charge < -0.3 is 5.32 Å². The summed E-state index contributed by atoms with van der Waals surface area (Å²) in [7, 11) is 0. The van der Waals surface area contributed by atoms with Crippen molar-refractivity contribution >= 4 is 11.3 Å². The van der Waals surface area contributed by atoms with Crippen LogP contribution in [0.1, 0.15) is 42.6 Å². The van der Waals surface area contributed by atoms with Crippen LogP contribution in [-0.4, -0.2) is 0 Å². The molecule has 1 N–H and O–H groups in total. The summed E-state index contributed by atoms with van der Waals surface area (Å²) in [5, 5.41) is 7.97. The maximum Gasteiger partial charge on any atom is 0.0305 e. The van der Waals surface area contributed by atoms with E-state index in [1.165, 1.54) is 16.7 Å². The SMILES string of the molecule is Cc1cccc(C(C)NC(C)c2ccsc2)c1. The first-order chi connectivity index (χ1) is 8.16. The Morgan fingerprint density at radius 3 is 2.47 bits per heavy atom. The van der Waals surface area contributed by atoms with Crippen LogP contribution < -0.4 is 5.32 Å². The molecular weight excluding hydrogens is 226 g/mol. The lowest BCUT2D eigenvalue weighted by Gasteiger charge is -2.20. The Morgan fingerprint density at radius 1 is 1.06 bits per heavy atom. The third-order valence-corrected chi connectivity index (χ3v) is 3.79. The van der Waals surface area contributed by atoms with Crippen molar-refractivity contribution in [3.63, 3.8) is 0 Å². The van der Waals surface area contributed by atoms with Crippen LogP contribution in [-0.2, 0) is 0 Å². The van der Waals surface area contributed by atoms with Gasteiger partial charge in [0.05, 0.1) is 0 Å². The largest absolute Gasteiger partial charge is 0.304 e. The molecule has 0 bridgehead atoms. The van der Waals surface area contributed by atoms with E-state index >= 15 is 0 Å². The molecule has 2 aromatic rings. The van der Waals surface area contributed by atoms with E-state index < -0.39 is 0 Å². The first-order valence-corrected chi connectivity index (χ1v) is 6.96. The predicted octanol–water partition coefficient (Wildman–Crippen LogP) is 4.47. The van der Waals surface area contributed by atoms with Gasteiger partial charge in [-0.2, -0.15) is 11.3 Å². The molecule has 2 rings (SSSR count). The standard InChI is InChI=1S/C15H19NS/c1-11-5-4-6-14(9-11)12(2)16-13(3)15-7-8-17-10-15/h4-10,12-13,16H,1-3H3. The molecule has 0 radical (unpaired) electrons. The topological polar surface area (TPSA) is 12.0 Å². The van der Waals surface area contributed by atoms with Crippen LogP contribution in [0.2, 0.25) is 0 Å². The predicted molar refractivity (Wildman–Crippen MR) is 75.5 cm³/mol. The molecular formula is C15H19NS. The fraction of sp³-hybridized carbons (Fsp3) is 0.333. The van der Waals surface area contributed by atoms with E-state index in [0.29, 0.717) is 12.1 Å². The zero-order valence-corrected chi connectivity index (χ0v) is 11.4. The van der Waals surface area contributed by atoms with Gasteiger partial charge in [0.15, 0.2) is 0 Å². The van der Waals surface area contributed by atoms with E-state index in [1.807, 2.05) is 0 Å². The highest BCUT2D eigenvalue weighted by atomic mass is 32.1. The van der Waals surface area contributed by atoms with Crippen molar-refractivity contribution in [2.75, 3.05) is 0 Å². The van der Waals surface area contributed by atoms with Crippen LogP contribution in [0, 0.1) is 6.92 Å². The molecule has 2 atom stereocenters. The first kappa shape index (κ1) is 12.3. The van der Waals surface area contributed by atoms with Crippen LogP contribution in [0.3, 0.4) is 0 Å². The molecule has 1 nitrogen and oxygen atoms in total. The molecule has 17 heavy (non-hydrogen) atoms. The second-order valence-corrected chi connectivity index (χ2v) is 5.36. The number of benzene rings is 1. The Hall–Kier alpha value is -1.12. The summed E-state index contributed by atoms with van der Waals surface area (Å²) in [5.74, 6) is 0. The Morgan fingerprint density at radius 2 is 1.82 bits per heavy atom. The van der Waals surface area contributed by atoms with Crippen molar-refractivity contribution in [2.45, 2.75) is 32.9 Å². The number of nitrogens with one attached hydrogen (secondary N) is 1. The molecule has 0 aliphatic rings. The molecule has 0 aliphatic heterocycles. The van der Waals surface area contributed by atoms with Gasteiger partial charge in [0.25, 0.3) is 0 Å². The number of aryl methyl sites for hydroxylation is 1. The van der Waals surface area contributed by atoms with Gasteiger partial charge in [-0.25, -0.2) is 0 Å². The maximum absolute atomic E-state index is 3.63. The summed E-state index contributed by atoms with van der Waals surface area (Å²) in [6, 6.07) is 11.7. The Bertz CT molecular complexity index is 462. The lowest BCUT2D eigenvalue weighted by atomic mass is 10.0. The summed E-state index contributed by atoms with van der Waals surface area (Å²) in [6.45, 7) is 6.57. The van der Waals surface area contributed by atoms with Gasteiger partial charge in [-0.15, -0.1) is 0 Å². The highest BCUT2D eigenvalue weighted by Crippen LogP contribution is 2.21. The van der Waals surface area contributed by atoms with Gasteiger partial charge in [0.2, 0.25) is 0 Å². The summed E-state index contributed by atoms with van der Waals surface area (Å²) in [6.07, 6.45) is 0. The highest BCUT2D eigenvalue weighted by molar-refractivity contribution is 7.07. The van der Waals surface area contributed by atoms with Crippen molar-refractivity contribution in [3.8, 4) is 0 Å². The zero-order valence-electron chi connectivity index (χ0n) is 10.6. The number of thiophene rings is 1. The molecule has 1 aromatic carbocycles. The fourth-order valence-electron chi connectivity index (χ4n) is 2.03. The van der Waals surface area contributed by atoms with Crippen LogP contribution in [0.4, 0.5) is 0 Å². The Labute approximate surface area is 108 Å². The van der Waals surface area contributed by atoms with Crippen LogP contribution in [0.5, 0.6) is 0 Å². The van der Waals surface area contributed by atoms with Gasteiger partial charge in [0.1, 0.15) is 0 Å². The minimum Gasteiger partial charge on any atom is -0.304 e. The third kappa shape index (κ3) is 3.18. The van der Waals surface area contributed by atoms with E-state index in [0.717, 1.165) is 0 Å². The highest BCUT2D eigenvalue weighted by Gasteiger charge is 2.11. The average Bonchev–Trinajstić information content (AvgIpc) is 2.82. The molecule has 0 spiro atoms. The summed E-state index contributed by atoms with van der Waals surface area (Å²) in [4.78, 5) is 0. The Kier molecular flexibility index (Phi) is 3.97. The second kappa shape index (κ2) is 5.48. The molecule has 2 heteroatoms. The Balaban J connectivity index is 2.04. The second-order valence-electron chi connectivity index (χ2n) is 4.58. The monoisotopic (exact) mass is 245 g/mol. The number of rotatable bonds is 4. The normalized spacial score (nSPS) is 14.5. The van der Waals surface area contributed by atoms with Crippen molar-refractivity contribution in [2.24, 2.45) is 0 Å². The zero-order chi connectivity index (χ0) is 12.3. The molecule has 1 heterocycles. The number of hydrogen-bond acceptors (Lipinski definition) is 2. The van der Waals surface area contributed by atoms with Crippen molar-refractivity contribution in [3.05, 3.63) is 57.8 Å². The van der Waals surface area contributed by atoms with E-state index in [9.17, 15) is 0 Å². The summed E-state index contributed by atoms with van der Waals surface area (Å²) >= 11 is 1.75. The van der Waals surface area contributed by atoms with Gasteiger partial charge >= 0.3 is 0 Å². The lowest BCUT2D eigenvalue weighted by molar-refractivity contribution is 0.495. The maximum atomic E-state index is 3.63. The molecule has 0 aliphatic carbocycles. The van der Waals surface area contributed by atoms with Gasteiger partial charge in [-0.3, -0.25) is 0 Å². The summed E-state index contributed by atoms with van der Waals surface area (Å²) in [5.41, 5.74) is 4.04. The third-order valence-electron chi connectivity index (χ3n) is 3.09. The molecule has 0 saturated carbocycles. The quantitative estimate of drug-likeness (QED) is 0.838. The summed E-state index contributed by atoms with van der Waals surface area (Å²) < 4.78 is 0. The minimum atomic E-state index is 0.379. The van der Waals surface area contributed by atoms with Crippen molar-refractivity contribution < 1.29 is 0 Å². The van der Waals surface area contributed by atoms with Gasteiger partial charge in [-0.1, -0.05) is 29.8 Å². The van der Waals surface area contributed by atoms with Crippen molar-refractivity contribution in [1.82, 2.24) is 5.32 Å². The van der Waals surface area contributed by atoms with Gasteiger partial charge in [0, 0.05) is 12.1 Å². The smallest absolute Gasteiger partial charge is 0.0305 e. The molecule has 0 fully saturated rings.